The fourth-order valence-electron chi connectivity index (χ4n) is 1.88. The predicted octanol–water partition coefficient (Wildman–Crippen LogP) is 1.72. The van der Waals surface area contributed by atoms with Gasteiger partial charge in [0.05, 0.1) is 12.2 Å². The number of likely N-dealkylation sites (N-methyl/N-ethyl adjacent to an activating group) is 1. The summed E-state index contributed by atoms with van der Waals surface area (Å²) in [5, 5.41) is 0. The minimum atomic E-state index is 0.166. The number of hydrogen-bond acceptors (Lipinski definition) is 3. The van der Waals surface area contributed by atoms with Crippen LogP contribution in [0.5, 0.6) is 0 Å². The molecule has 0 saturated heterocycles. The molecule has 0 aliphatic heterocycles. The molecule has 1 rings (SSSR count). The number of carbonyl (C=O) groups excluding carboxylic acids is 1. The molecule has 18 heavy (non-hydrogen) atoms. The zero-order valence-corrected chi connectivity index (χ0v) is 11.9. The van der Waals surface area contributed by atoms with Crippen molar-refractivity contribution in [1.29, 1.82) is 0 Å². The molecule has 0 atom stereocenters. The fraction of sp³-hybridized carbons (Fsp3) is 0.643. The van der Waals surface area contributed by atoms with E-state index < -0.39 is 0 Å². The second-order valence-corrected chi connectivity index (χ2v) is 5.44. The van der Waals surface area contributed by atoms with Gasteiger partial charge in [-0.2, -0.15) is 0 Å². The van der Waals surface area contributed by atoms with Crippen molar-refractivity contribution in [2.75, 3.05) is 40.3 Å². The lowest BCUT2D eigenvalue weighted by atomic mass is 10.2. The lowest BCUT2D eigenvalue weighted by molar-refractivity contribution is 0.0911. The van der Waals surface area contributed by atoms with Crippen LogP contribution in [0.2, 0.25) is 0 Å². The van der Waals surface area contributed by atoms with Crippen LogP contribution < -0.4 is 0 Å². The summed E-state index contributed by atoms with van der Waals surface area (Å²) in [6.07, 6.45) is 1.79. The van der Waals surface area contributed by atoms with E-state index in [1.165, 1.54) is 0 Å². The molecular weight excluding hydrogens is 226 g/mol. The van der Waals surface area contributed by atoms with E-state index in [2.05, 4.69) is 42.7 Å². The summed E-state index contributed by atoms with van der Waals surface area (Å²) in [5.74, 6) is 0.739. The van der Waals surface area contributed by atoms with Crippen LogP contribution in [0.25, 0.3) is 0 Å². The van der Waals surface area contributed by atoms with Gasteiger partial charge in [-0.1, -0.05) is 13.8 Å². The maximum absolute atomic E-state index is 12.1. The Labute approximate surface area is 110 Å². The van der Waals surface area contributed by atoms with E-state index in [1.807, 2.05) is 12.1 Å². The maximum atomic E-state index is 12.1. The number of rotatable bonds is 8. The van der Waals surface area contributed by atoms with Gasteiger partial charge in [-0.25, -0.2) is 0 Å². The van der Waals surface area contributed by atoms with Gasteiger partial charge in [0.15, 0.2) is 5.78 Å². The minimum absolute atomic E-state index is 0.166. The summed E-state index contributed by atoms with van der Waals surface area (Å²) in [7, 11) is 4.11. The van der Waals surface area contributed by atoms with E-state index in [0.717, 1.165) is 19.6 Å². The molecule has 4 nitrogen and oxygen atoms in total. The molecule has 1 N–H and O–H groups in total. The summed E-state index contributed by atoms with van der Waals surface area (Å²) in [6.45, 7) is 7.72. The number of Topliss-reactive ketones (excluding diaryl/α,β-unsaturated/α-hetero) is 1. The predicted molar refractivity (Wildman–Crippen MR) is 75.0 cm³/mol. The van der Waals surface area contributed by atoms with Crippen molar-refractivity contribution in [3.63, 3.8) is 0 Å². The Morgan fingerprint density at radius 2 is 2.06 bits per heavy atom. The smallest absolute Gasteiger partial charge is 0.192 e. The summed E-state index contributed by atoms with van der Waals surface area (Å²) in [4.78, 5) is 19.4. The third-order valence-electron chi connectivity index (χ3n) is 2.75. The molecule has 0 spiro atoms. The first-order valence-electron chi connectivity index (χ1n) is 6.52. The maximum Gasteiger partial charge on any atom is 0.192 e. The molecule has 0 unspecified atom stereocenters. The molecule has 0 aliphatic carbocycles. The first kappa shape index (κ1) is 14.9. The van der Waals surface area contributed by atoms with Crippen LogP contribution in [-0.2, 0) is 0 Å². The number of carbonyl (C=O) groups is 1. The largest absolute Gasteiger partial charge is 0.359 e. The molecule has 0 bridgehead atoms. The van der Waals surface area contributed by atoms with Crippen molar-refractivity contribution < 1.29 is 4.79 Å². The summed E-state index contributed by atoms with van der Waals surface area (Å²) >= 11 is 0. The molecule has 0 saturated carbocycles. The van der Waals surface area contributed by atoms with Gasteiger partial charge >= 0.3 is 0 Å². The lowest BCUT2D eigenvalue weighted by Crippen LogP contribution is -2.38. The van der Waals surface area contributed by atoms with Crippen LogP contribution in [0, 0.1) is 5.92 Å². The molecule has 0 fully saturated rings. The van der Waals surface area contributed by atoms with Crippen molar-refractivity contribution in [3.05, 3.63) is 24.0 Å². The molecule has 0 amide bonds. The van der Waals surface area contributed by atoms with Crippen LogP contribution in [0.15, 0.2) is 18.3 Å². The van der Waals surface area contributed by atoms with Crippen molar-refractivity contribution >= 4 is 5.78 Å². The summed E-state index contributed by atoms with van der Waals surface area (Å²) < 4.78 is 0. The lowest BCUT2D eigenvalue weighted by Gasteiger charge is -2.24. The number of ketones is 1. The molecule has 0 radical (unpaired) electrons. The topological polar surface area (TPSA) is 39.3 Å². The fourth-order valence-corrected chi connectivity index (χ4v) is 1.88. The second kappa shape index (κ2) is 7.34. The van der Waals surface area contributed by atoms with Gasteiger partial charge in [0, 0.05) is 25.8 Å². The Morgan fingerprint density at radius 3 is 2.56 bits per heavy atom. The molecule has 0 aromatic carbocycles. The van der Waals surface area contributed by atoms with Gasteiger partial charge in [0.2, 0.25) is 0 Å². The van der Waals surface area contributed by atoms with E-state index in [4.69, 9.17) is 0 Å². The first-order valence-corrected chi connectivity index (χ1v) is 6.52. The Bertz CT molecular complexity index is 344. The van der Waals surface area contributed by atoms with Crippen LogP contribution in [0.1, 0.15) is 24.3 Å². The molecular formula is C14H25N3O. The normalized spacial score (nSPS) is 11.7. The van der Waals surface area contributed by atoms with Crippen molar-refractivity contribution in [2.24, 2.45) is 5.92 Å². The quantitative estimate of drug-likeness (QED) is 0.715. The minimum Gasteiger partial charge on any atom is -0.359 e. The van der Waals surface area contributed by atoms with Gasteiger partial charge in [-0.05, 0) is 32.1 Å². The highest BCUT2D eigenvalue weighted by molar-refractivity contribution is 5.95. The highest BCUT2D eigenvalue weighted by atomic mass is 16.1. The number of nitrogens with zero attached hydrogens (tertiary/aromatic N) is 2. The number of aromatic amines is 1. The zero-order chi connectivity index (χ0) is 13.5. The van der Waals surface area contributed by atoms with Crippen LogP contribution >= 0.6 is 0 Å². The standard InChI is InChI=1S/C14H25N3O/c1-12(2)10-17(9-8-16(3)4)11-14(18)13-6-5-7-15-13/h5-7,12,15H,8-11H2,1-4H3. The molecule has 1 aromatic heterocycles. The third-order valence-corrected chi connectivity index (χ3v) is 2.75. The number of H-pyrrole nitrogens is 1. The molecule has 1 heterocycles. The number of aromatic nitrogens is 1. The van der Waals surface area contributed by atoms with E-state index >= 15 is 0 Å². The van der Waals surface area contributed by atoms with Crippen LogP contribution in [0.3, 0.4) is 0 Å². The highest BCUT2D eigenvalue weighted by Gasteiger charge is 2.14. The zero-order valence-electron chi connectivity index (χ0n) is 11.9. The van der Waals surface area contributed by atoms with Gasteiger partial charge in [-0.15, -0.1) is 0 Å². The molecule has 102 valence electrons. The number of nitrogens with one attached hydrogen (secondary N) is 1. The Hall–Kier alpha value is -1.13. The van der Waals surface area contributed by atoms with E-state index in [0.29, 0.717) is 18.2 Å². The Kier molecular flexibility index (Phi) is 6.09. The van der Waals surface area contributed by atoms with Crippen molar-refractivity contribution in [1.82, 2.24) is 14.8 Å². The molecule has 4 heteroatoms. The average Bonchev–Trinajstić information content (AvgIpc) is 2.78. The van der Waals surface area contributed by atoms with Gasteiger partial charge in [0.1, 0.15) is 0 Å². The van der Waals surface area contributed by atoms with Gasteiger partial charge in [-0.3, -0.25) is 9.69 Å². The highest BCUT2D eigenvalue weighted by Crippen LogP contribution is 2.03. The first-order chi connectivity index (χ1) is 8.49. The van der Waals surface area contributed by atoms with Crippen LogP contribution in [0.4, 0.5) is 0 Å². The molecule has 1 aromatic rings. The number of hydrogen-bond donors (Lipinski definition) is 1. The second-order valence-electron chi connectivity index (χ2n) is 5.44. The van der Waals surface area contributed by atoms with Crippen molar-refractivity contribution in [2.45, 2.75) is 13.8 Å². The van der Waals surface area contributed by atoms with Crippen LogP contribution in [-0.4, -0.2) is 60.8 Å². The van der Waals surface area contributed by atoms with E-state index in [9.17, 15) is 4.79 Å². The van der Waals surface area contributed by atoms with Crippen molar-refractivity contribution in [3.8, 4) is 0 Å². The van der Waals surface area contributed by atoms with Gasteiger partial charge in [0.25, 0.3) is 0 Å². The Balaban J connectivity index is 2.51. The van der Waals surface area contributed by atoms with E-state index in [-0.39, 0.29) is 5.78 Å². The van der Waals surface area contributed by atoms with E-state index in [1.54, 1.807) is 6.20 Å². The Morgan fingerprint density at radius 1 is 1.33 bits per heavy atom. The SMILES string of the molecule is CC(C)CN(CCN(C)C)CC(=O)c1ccc[nH]1. The summed E-state index contributed by atoms with van der Waals surface area (Å²) in [5.41, 5.74) is 0.702. The monoisotopic (exact) mass is 251 g/mol. The summed E-state index contributed by atoms with van der Waals surface area (Å²) in [6, 6.07) is 3.70. The average molecular weight is 251 g/mol. The van der Waals surface area contributed by atoms with Gasteiger partial charge < -0.3 is 9.88 Å². The molecule has 0 aliphatic rings. The third kappa shape index (κ3) is 5.47.